The third-order valence-electron chi connectivity index (χ3n) is 5.17. The van der Waals surface area contributed by atoms with Crippen LogP contribution in [-0.4, -0.2) is 34.2 Å². The first-order chi connectivity index (χ1) is 14.6. The molecule has 30 heavy (non-hydrogen) atoms. The predicted octanol–water partition coefficient (Wildman–Crippen LogP) is 5.50. The van der Waals surface area contributed by atoms with Crippen molar-refractivity contribution in [1.29, 1.82) is 0 Å². The van der Waals surface area contributed by atoms with Crippen molar-refractivity contribution in [2.45, 2.75) is 30.8 Å². The Morgan fingerprint density at radius 3 is 2.83 bits per heavy atom. The molecule has 0 bridgehead atoms. The number of thioether (sulfide) groups is 1. The Morgan fingerprint density at radius 1 is 1.23 bits per heavy atom. The lowest BCUT2D eigenvalue weighted by atomic mass is 10.2. The van der Waals surface area contributed by atoms with Gasteiger partial charge in [0.05, 0.1) is 28.2 Å². The van der Waals surface area contributed by atoms with Gasteiger partial charge in [0.1, 0.15) is 0 Å². The number of amides is 1. The Morgan fingerprint density at radius 2 is 2.03 bits per heavy atom. The van der Waals surface area contributed by atoms with Crippen LogP contribution in [0.3, 0.4) is 0 Å². The van der Waals surface area contributed by atoms with Crippen molar-refractivity contribution in [3.05, 3.63) is 76.6 Å². The summed E-state index contributed by atoms with van der Waals surface area (Å²) in [4.78, 5) is 12.9. The van der Waals surface area contributed by atoms with Gasteiger partial charge in [-0.15, -0.1) is 0 Å². The van der Waals surface area contributed by atoms with Gasteiger partial charge < -0.3 is 10.1 Å². The average Bonchev–Trinajstić information content (AvgIpc) is 3.15. The number of nitrogens with one attached hydrogen (secondary N) is 1. The average molecular weight is 442 g/mol. The van der Waals surface area contributed by atoms with Gasteiger partial charge in [0.25, 0.3) is 5.91 Å². The van der Waals surface area contributed by atoms with Crippen molar-refractivity contribution in [1.82, 2.24) is 9.78 Å². The Labute approximate surface area is 185 Å². The number of para-hydroxylation sites is 1. The van der Waals surface area contributed by atoms with E-state index in [9.17, 15) is 4.79 Å². The van der Waals surface area contributed by atoms with Gasteiger partial charge in [-0.3, -0.25) is 4.79 Å². The fourth-order valence-electron chi connectivity index (χ4n) is 3.49. The Hall–Kier alpha value is -2.28. The summed E-state index contributed by atoms with van der Waals surface area (Å²) in [5.41, 5.74) is 4.01. The second-order valence-corrected chi connectivity index (χ2v) is 8.98. The molecule has 2 heterocycles. The summed E-state index contributed by atoms with van der Waals surface area (Å²) in [6.07, 6.45) is 3.80. The molecular formula is C23H24ClN3O2S. The van der Waals surface area contributed by atoms with Gasteiger partial charge in [0.15, 0.2) is 0 Å². The second kappa shape index (κ2) is 9.69. The largest absolute Gasteiger partial charge is 0.381 e. The van der Waals surface area contributed by atoms with Crippen LogP contribution in [0, 0.1) is 6.92 Å². The highest BCUT2D eigenvalue weighted by Gasteiger charge is 2.17. The lowest BCUT2D eigenvalue weighted by Crippen LogP contribution is -2.17. The standard InChI is InChI=1S/C23H24ClN3O2S/c1-16-20(14-25-27(16)22-8-3-2-7-21(22)24)23(28)26-18-6-4-5-17(13-18)15-30-19-9-11-29-12-10-19/h2-8,13-14,19H,9-12,15H2,1H3,(H,26,28). The summed E-state index contributed by atoms with van der Waals surface area (Å²) in [5.74, 6) is 0.748. The summed E-state index contributed by atoms with van der Waals surface area (Å²) in [5, 5.41) is 8.61. The minimum Gasteiger partial charge on any atom is -0.381 e. The third kappa shape index (κ3) is 4.89. The topological polar surface area (TPSA) is 56.1 Å². The van der Waals surface area contributed by atoms with Crippen molar-refractivity contribution in [2.24, 2.45) is 0 Å². The molecule has 2 aromatic carbocycles. The maximum Gasteiger partial charge on any atom is 0.259 e. The number of carbonyl (C=O) groups excluding carboxylic acids is 1. The van der Waals surface area contributed by atoms with Crippen LogP contribution in [-0.2, 0) is 10.5 Å². The van der Waals surface area contributed by atoms with Crippen molar-refractivity contribution in [3.63, 3.8) is 0 Å². The number of nitrogens with zero attached hydrogens (tertiary/aromatic N) is 2. The highest BCUT2D eigenvalue weighted by Crippen LogP contribution is 2.27. The van der Waals surface area contributed by atoms with Crippen LogP contribution in [0.25, 0.3) is 5.69 Å². The minimum absolute atomic E-state index is 0.181. The van der Waals surface area contributed by atoms with E-state index in [0.29, 0.717) is 15.8 Å². The molecular weight excluding hydrogens is 418 g/mol. The zero-order chi connectivity index (χ0) is 20.9. The predicted molar refractivity (Wildman–Crippen MR) is 123 cm³/mol. The van der Waals surface area contributed by atoms with Crippen molar-refractivity contribution in [3.8, 4) is 5.69 Å². The normalized spacial score (nSPS) is 14.6. The lowest BCUT2D eigenvalue weighted by Gasteiger charge is -2.21. The van der Waals surface area contributed by atoms with Gasteiger partial charge in [0, 0.05) is 29.9 Å². The zero-order valence-corrected chi connectivity index (χ0v) is 18.4. The van der Waals surface area contributed by atoms with E-state index in [2.05, 4.69) is 16.5 Å². The van der Waals surface area contributed by atoms with Crippen molar-refractivity contribution >= 4 is 35.0 Å². The quantitative estimate of drug-likeness (QED) is 0.548. The Kier molecular flexibility index (Phi) is 6.77. The number of hydrogen-bond acceptors (Lipinski definition) is 4. The molecule has 5 nitrogen and oxygen atoms in total. The van der Waals surface area contributed by atoms with Crippen LogP contribution in [0.5, 0.6) is 0 Å². The number of aromatic nitrogens is 2. The monoisotopic (exact) mass is 441 g/mol. The first-order valence-electron chi connectivity index (χ1n) is 10.0. The van der Waals surface area contributed by atoms with Gasteiger partial charge in [-0.1, -0.05) is 35.9 Å². The molecule has 1 aromatic heterocycles. The molecule has 156 valence electrons. The molecule has 0 saturated carbocycles. The maximum absolute atomic E-state index is 12.9. The molecule has 0 atom stereocenters. The molecule has 1 aliphatic rings. The minimum atomic E-state index is -0.181. The number of rotatable bonds is 6. The van der Waals surface area contributed by atoms with E-state index in [1.165, 1.54) is 5.56 Å². The van der Waals surface area contributed by atoms with Crippen LogP contribution in [0.2, 0.25) is 5.02 Å². The van der Waals surface area contributed by atoms with Crippen LogP contribution in [0.15, 0.2) is 54.7 Å². The highest BCUT2D eigenvalue weighted by molar-refractivity contribution is 7.99. The van der Waals surface area contributed by atoms with Gasteiger partial charge in [-0.05, 0) is 49.6 Å². The van der Waals surface area contributed by atoms with E-state index in [4.69, 9.17) is 16.3 Å². The van der Waals surface area contributed by atoms with Crippen molar-refractivity contribution < 1.29 is 9.53 Å². The molecule has 4 rings (SSSR count). The van der Waals surface area contributed by atoms with Gasteiger partial charge in [-0.25, -0.2) is 4.68 Å². The van der Waals surface area contributed by atoms with Crippen LogP contribution in [0.1, 0.15) is 34.5 Å². The van der Waals surface area contributed by atoms with E-state index in [1.54, 1.807) is 10.9 Å². The summed E-state index contributed by atoms with van der Waals surface area (Å²) in [6, 6.07) is 15.5. The maximum atomic E-state index is 12.9. The summed E-state index contributed by atoms with van der Waals surface area (Å²) < 4.78 is 7.12. The number of halogens is 1. The van der Waals surface area contributed by atoms with Crippen LogP contribution >= 0.6 is 23.4 Å². The van der Waals surface area contributed by atoms with Crippen molar-refractivity contribution in [2.75, 3.05) is 18.5 Å². The molecule has 7 heteroatoms. The third-order valence-corrected chi connectivity index (χ3v) is 6.94. The molecule has 0 radical (unpaired) electrons. The van der Waals surface area contributed by atoms with E-state index in [0.717, 1.165) is 48.9 Å². The Bertz CT molecular complexity index is 1030. The van der Waals surface area contributed by atoms with E-state index >= 15 is 0 Å². The number of anilines is 1. The molecule has 1 fully saturated rings. The van der Waals surface area contributed by atoms with Gasteiger partial charge >= 0.3 is 0 Å². The SMILES string of the molecule is Cc1c(C(=O)Nc2cccc(CSC3CCOCC3)c2)cnn1-c1ccccc1Cl. The molecule has 0 spiro atoms. The van der Waals surface area contributed by atoms with Gasteiger partial charge in [-0.2, -0.15) is 16.9 Å². The van der Waals surface area contributed by atoms with Crippen LogP contribution < -0.4 is 5.32 Å². The molecule has 0 unspecified atom stereocenters. The van der Waals surface area contributed by atoms with E-state index in [1.807, 2.05) is 61.2 Å². The molecule has 0 aliphatic carbocycles. The van der Waals surface area contributed by atoms with E-state index in [-0.39, 0.29) is 5.91 Å². The molecule has 1 N–H and O–H groups in total. The second-order valence-electron chi connectivity index (χ2n) is 7.28. The fourth-order valence-corrected chi connectivity index (χ4v) is 4.84. The highest BCUT2D eigenvalue weighted by atomic mass is 35.5. The first kappa shape index (κ1) is 21.0. The number of benzene rings is 2. The zero-order valence-electron chi connectivity index (χ0n) is 16.8. The molecule has 1 saturated heterocycles. The number of carbonyl (C=O) groups is 1. The summed E-state index contributed by atoms with van der Waals surface area (Å²) >= 11 is 8.24. The molecule has 1 aliphatic heterocycles. The first-order valence-corrected chi connectivity index (χ1v) is 11.4. The van der Waals surface area contributed by atoms with Crippen LogP contribution in [0.4, 0.5) is 5.69 Å². The smallest absolute Gasteiger partial charge is 0.259 e. The fraction of sp³-hybridized carbons (Fsp3) is 0.304. The summed E-state index contributed by atoms with van der Waals surface area (Å²) in [6.45, 7) is 3.58. The lowest BCUT2D eigenvalue weighted by molar-refractivity contribution is 0.1000. The molecule has 1 amide bonds. The molecule has 3 aromatic rings. The summed E-state index contributed by atoms with van der Waals surface area (Å²) in [7, 11) is 0. The van der Waals surface area contributed by atoms with Gasteiger partial charge in [0.2, 0.25) is 0 Å². The van der Waals surface area contributed by atoms with E-state index < -0.39 is 0 Å². The number of hydrogen-bond donors (Lipinski definition) is 1. The number of ether oxygens (including phenoxy) is 1. The Balaban J connectivity index is 1.43.